The fourth-order valence-corrected chi connectivity index (χ4v) is 1.85. The van der Waals surface area contributed by atoms with E-state index >= 15 is 0 Å². The molecule has 0 atom stereocenters. The molecule has 1 aromatic carbocycles. The first-order valence-corrected chi connectivity index (χ1v) is 6.37. The van der Waals surface area contributed by atoms with Crippen LogP contribution in [0.4, 0.5) is 0 Å². The zero-order valence-corrected chi connectivity index (χ0v) is 11.2. The van der Waals surface area contributed by atoms with Crippen LogP contribution in [-0.4, -0.2) is 17.2 Å². The molecule has 102 valence electrons. The van der Waals surface area contributed by atoms with Gasteiger partial charge in [0.15, 0.2) is 0 Å². The SMILES string of the molecule is CC(=O)Oc1ccc(-c2cccc(CCC=O)n2)cc1. The first-order chi connectivity index (χ1) is 9.69. The Morgan fingerprint density at radius 2 is 1.95 bits per heavy atom. The van der Waals surface area contributed by atoms with E-state index in [1.807, 2.05) is 30.3 Å². The number of aldehydes is 1. The highest BCUT2D eigenvalue weighted by Crippen LogP contribution is 2.21. The van der Waals surface area contributed by atoms with Crippen LogP contribution in [0.15, 0.2) is 42.5 Å². The first-order valence-electron chi connectivity index (χ1n) is 6.37. The average Bonchev–Trinajstić information content (AvgIpc) is 2.45. The zero-order chi connectivity index (χ0) is 14.4. The highest BCUT2D eigenvalue weighted by atomic mass is 16.5. The minimum Gasteiger partial charge on any atom is -0.427 e. The van der Waals surface area contributed by atoms with Crippen LogP contribution in [0.3, 0.4) is 0 Å². The number of carbonyl (C=O) groups excluding carboxylic acids is 2. The van der Waals surface area contributed by atoms with Gasteiger partial charge in [0.2, 0.25) is 0 Å². The van der Waals surface area contributed by atoms with Gasteiger partial charge in [0, 0.05) is 24.6 Å². The van der Waals surface area contributed by atoms with E-state index in [2.05, 4.69) is 4.98 Å². The molecule has 0 radical (unpaired) electrons. The summed E-state index contributed by atoms with van der Waals surface area (Å²) < 4.78 is 4.98. The summed E-state index contributed by atoms with van der Waals surface area (Å²) >= 11 is 0. The number of aryl methyl sites for hydroxylation is 1. The zero-order valence-electron chi connectivity index (χ0n) is 11.2. The summed E-state index contributed by atoms with van der Waals surface area (Å²) in [4.78, 5) is 25.7. The quantitative estimate of drug-likeness (QED) is 0.476. The van der Waals surface area contributed by atoms with E-state index in [4.69, 9.17) is 4.74 Å². The van der Waals surface area contributed by atoms with Crippen molar-refractivity contribution in [3.8, 4) is 17.0 Å². The summed E-state index contributed by atoms with van der Waals surface area (Å²) in [5, 5.41) is 0. The van der Waals surface area contributed by atoms with Gasteiger partial charge in [0.25, 0.3) is 0 Å². The van der Waals surface area contributed by atoms with Gasteiger partial charge in [-0.2, -0.15) is 0 Å². The maximum atomic E-state index is 10.9. The Hall–Kier alpha value is -2.49. The lowest BCUT2D eigenvalue weighted by Gasteiger charge is -2.05. The Labute approximate surface area is 117 Å². The molecule has 0 aliphatic rings. The van der Waals surface area contributed by atoms with Crippen LogP contribution in [0.5, 0.6) is 5.75 Å². The monoisotopic (exact) mass is 269 g/mol. The van der Waals surface area contributed by atoms with Crippen LogP contribution >= 0.6 is 0 Å². The molecule has 2 rings (SSSR count). The minimum atomic E-state index is -0.341. The number of hydrogen-bond acceptors (Lipinski definition) is 4. The van der Waals surface area contributed by atoms with Crippen molar-refractivity contribution in [1.82, 2.24) is 4.98 Å². The van der Waals surface area contributed by atoms with Gasteiger partial charge < -0.3 is 9.53 Å². The molecule has 4 nitrogen and oxygen atoms in total. The number of carbonyl (C=O) groups is 2. The molecule has 1 aromatic heterocycles. The van der Waals surface area contributed by atoms with Crippen LogP contribution in [0.1, 0.15) is 19.0 Å². The van der Waals surface area contributed by atoms with Crippen molar-refractivity contribution in [2.45, 2.75) is 19.8 Å². The van der Waals surface area contributed by atoms with Gasteiger partial charge in [0.1, 0.15) is 12.0 Å². The fourth-order valence-electron chi connectivity index (χ4n) is 1.85. The summed E-state index contributed by atoms with van der Waals surface area (Å²) in [5.74, 6) is 0.171. The normalized spacial score (nSPS) is 10.1. The third-order valence-electron chi connectivity index (χ3n) is 2.74. The lowest BCUT2D eigenvalue weighted by Crippen LogP contribution is -2.00. The van der Waals surface area contributed by atoms with Crippen molar-refractivity contribution in [3.63, 3.8) is 0 Å². The van der Waals surface area contributed by atoms with E-state index in [9.17, 15) is 9.59 Å². The van der Waals surface area contributed by atoms with Crippen LogP contribution < -0.4 is 4.74 Å². The molecule has 0 N–H and O–H groups in total. The van der Waals surface area contributed by atoms with Crippen molar-refractivity contribution < 1.29 is 14.3 Å². The number of aromatic nitrogens is 1. The van der Waals surface area contributed by atoms with Gasteiger partial charge in [-0.25, -0.2) is 0 Å². The number of benzene rings is 1. The molecule has 20 heavy (non-hydrogen) atoms. The third-order valence-corrected chi connectivity index (χ3v) is 2.74. The van der Waals surface area contributed by atoms with Crippen LogP contribution in [0, 0.1) is 0 Å². The second-order valence-corrected chi connectivity index (χ2v) is 4.34. The largest absolute Gasteiger partial charge is 0.427 e. The van der Waals surface area contributed by atoms with E-state index in [0.717, 1.165) is 23.2 Å². The molecular formula is C16H15NO3. The Morgan fingerprint density at radius 1 is 1.20 bits per heavy atom. The second kappa shape index (κ2) is 6.61. The minimum absolute atomic E-state index is 0.341. The van der Waals surface area contributed by atoms with E-state index in [-0.39, 0.29) is 5.97 Å². The van der Waals surface area contributed by atoms with Gasteiger partial charge in [-0.1, -0.05) is 6.07 Å². The molecule has 0 spiro atoms. The molecule has 2 aromatic rings. The molecule has 0 aliphatic carbocycles. The Balaban J connectivity index is 2.18. The molecule has 0 unspecified atom stereocenters. The van der Waals surface area contributed by atoms with Crippen LogP contribution in [0.25, 0.3) is 11.3 Å². The van der Waals surface area contributed by atoms with Gasteiger partial charge in [-0.3, -0.25) is 9.78 Å². The summed E-state index contributed by atoms with van der Waals surface area (Å²) in [6, 6.07) is 12.9. The van der Waals surface area contributed by atoms with Gasteiger partial charge in [0.05, 0.1) is 5.69 Å². The molecule has 0 fully saturated rings. The van der Waals surface area contributed by atoms with Gasteiger partial charge in [-0.15, -0.1) is 0 Å². The van der Waals surface area contributed by atoms with Crippen molar-refractivity contribution in [2.24, 2.45) is 0 Å². The average molecular weight is 269 g/mol. The highest BCUT2D eigenvalue weighted by molar-refractivity contribution is 5.70. The van der Waals surface area contributed by atoms with Crippen molar-refractivity contribution in [1.29, 1.82) is 0 Å². The Kier molecular flexibility index (Phi) is 4.60. The predicted molar refractivity (Wildman–Crippen MR) is 75.4 cm³/mol. The molecule has 0 saturated heterocycles. The predicted octanol–water partition coefficient (Wildman–Crippen LogP) is 2.81. The molecular weight excluding hydrogens is 254 g/mol. The smallest absolute Gasteiger partial charge is 0.308 e. The first kappa shape index (κ1) is 13.9. The highest BCUT2D eigenvalue weighted by Gasteiger charge is 2.03. The summed E-state index contributed by atoms with van der Waals surface area (Å²) in [7, 11) is 0. The van der Waals surface area contributed by atoms with E-state index in [1.165, 1.54) is 6.92 Å². The maximum Gasteiger partial charge on any atom is 0.308 e. The number of pyridine rings is 1. The number of rotatable bonds is 5. The van der Waals surface area contributed by atoms with Crippen LogP contribution in [-0.2, 0) is 16.0 Å². The molecule has 0 amide bonds. The number of esters is 1. The van der Waals surface area contributed by atoms with E-state index < -0.39 is 0 Å². The van der Waals surface area contributed by atoms with Crippen molar-refractivity contribution in [2.75, 3.05) is 0 Å². The Bertz CT molecular complexity index is 605. The standard InChI is InChI=1S/C16H15NO3/c1-12(19)20-15-9-7-13(8-10-15)16-6-2-4-14(17-16)5-3-11-18/h2,4,6-11H,3,5H2,1H3. The van der Waals surface area contributed by atoms with Crippen molar-refractivity contribution >= 4 is 12.3 Å². The maximum absolute atomic E-state index is 10.9. The summed E-state index contributed by atoms with van der Waals surface area (Å²) in [6.45, 7) is 1.37. The Morgan fingerprint density at radius 3 is 2.60 bits per heavy atom. The van der Waals surface area contributed by atoms with E-state index in [0.29, 0.717) is 18.6 Å². The van der Waals surface area contributed by atoms with Gasteiger partial charge >= 0.3 is 5.97 Å². The number of nitrogens with zero attached hydrogens (tertiary/aromatic N) is 1. The summed E-state index contributed by atoms with van der Waals surface area (Å²) in [6.07, 6.45) is 2.01. The van der Waals surface area contributed by atoms with Crippen LogP contribution in [0.2, 0.25) is 0 Å². The number of hydrogen-bond donors (Lipinski definition) is 0. The summed E-state index contributed by atoms with van der Waals surface area (Å²) in [5.41, 5.74) is 2.66. The van der Waals surface area contributed by atoms with E-state index in [1.54, 1.807) is 12.1 Å². The molecule has 0 aliphatic heterocycles. The van der Waals surface area contributed by atoms with Crippen molar-refractivity contribution in [3.05, 3.63) is 48.2 Å². The molecule has 0 saturated carbocycles. The lowest BCUT2D eigenvalue weighted by molar-refractivity contribution is -0.131. The number of ether oxygens (including phenoxy) is 1. The molecule has 1 heterocycles. The molecule has 4 heteroatoms. The topological polar surface area (TPSA) is 56.3 Å². The lowest BCUT2D eigenvalue weighted by atomic mass is 10.1. The molecule has 0 bridgehead atoms. The second-order valence-electron chi connectivity index (χ2n) is 4.34. The van der Waals surface area contributed by atoms with Gasteiger partial charge in [-0.05, 0) is 42.8 Å². The third kappa shape index (κ3) is 3.75. The fraction of sp³-hybridized carbons (Fsp3) is 0.188.